The fraction of sp³-hybridized carbons (Fsp3) is 0.0323. The van der Waals surface area contributed by atoms with Crippen molar-refractivity contribution >= 4 is 35.3 Å². The van der Waals surface area contributed by atoms with E-state index in [9.17, 15) is 19.6 Å². The van der Waals surface area contributed by atoms with Crippen molar-refractivity contribution in [1.82, 2.24) is 0 Å². The topological polar surface area (TPSA) is 90.7 Å². The average molecular weight is 500 g/mol. The molecule has 1 aliphatic rings. The molecule has 4 aromatic carbocycles. The van der Waals surface area contributed by atoms with Crippen LogP contribution in [-0.2, 0) is 16.2 Å². The van der Waals surface area contributed by atoms with Gasteiger partial charge in [-0.05, 0) is 54.1 Å². The molecule has 1 fully saturated rings. The van der Waals surface area contributed by atoms with Crippen molar-refractivity contribution in [1.29, 1.82) is 5.26 Å². The molecule has 7 heteroatoms. The fourth-order valence-electron chi connectivity index (χ4n) is 4.08. The molecule has 1 saturated heterocycles. The highest BCUT2D eigenvalue weighted by molar-refractivity contribution is 6.46. The summed E-state index contributed by atoms with van der Waals surface area (Å²) in [5.41, 5.74) is 2.48. The minimum Gasteiger partial charge on any atom is -0.489 e. The molecule has 7 nitrogen and oxygen atoms in total. The highest BCUT2D eigenvalue weighted by Crippen LogP contribution is 2.29. The third-order valence-corrected chi connectivity index (χ3v) is 6.00. The van der Waals surface area contributed by atoms with Crippen LogP contribution < -0.4 is 14.5 Å². The third kappa shape index (κ3) is 4.79. The molecule has 4 aromatic rings. The minimum atomic E-state index is -0.740. The molecule has 0 aromatic heterocycles. The van der Waals surface area contributed by atoms with Gasteiger partial charge in [0, 0.05) is 5.56 Å². The van der Waals surface area contributed by atoms with E-state index in [4.69, 9.17) is 4.74 Å². The lowest BCUT2D eigenvalue weighted by atomic mass is 10.0. The Morgan fingerprint density at radius 3 is 1.76 bits per heavy atom. The number of urea groups is 1. The lowest BCUT2D eigenvalue weighted by Crippen LogP contribution is -2.57. The lowest BCUT2D eigenvalue weighted by molar-refractivity contribution is -0.121. The molecule has 0 spiro atoms. The highest BCUT2D eigenvalue weighted by atomic mass is 16.5. The van der Waals surface area contributed by atoms with Crippen molar-refractivity contribution < 1.29 is 19.1 Å². The largest absolute Gasteiger partial charge is 0.489 e. The third-order valence-electron chi connectivity index (χ3n) is 6.00. The SMILES string of the molecule is N#Cc1ccccc1COc1ccc(C=C2C(=O)N(c3ccccc3)C(=O)N(c3ccccc3)C2=O)cc1. The summed E-state index contributed by atoms with van der Waals surface area (Å²) in [7, 11) is 0. The van der Waals surface area contributed by atoms with Gasteiger partial charge in [0.2, 0.25) is 0 Å². The summed E-state index contributed by atoms with van der Waals surface area (Å²) < 4.78 is 5.82. The molecule has 5 rings (SSSR count). The number of nitrogens with zero attached hydrogens (tertiary/aromatic N) is 3. The minimum absolute atomic E-state index is 0.145. The first-order chi connectivity index (χ1) is 18.6. The van der Waals surface area contributed by atoms with Crippen molar-refractivity contribution in [2.45, 2.75) is 6.61 Å². The van der Waals surface area contributed by atoms with Gasteiger partial charge >= 0.3 is 6.03 Å². The molecule has 0 aliphatic carbocycles. The van der Waals surface area contributed by atoms with E-state index in [1.54, 1.807) is 97.1 Å². The number of hydrogen-bond donors (Lipinski definition) is 0. The Kier molecular flexibility index (Phi) is 6.79. The quantitative estimate of drug-likeness (QED) is 0.250. The van der Waals surface area contributed by atoms with E-state index in [-0.39, 0.29) is 12.2 Å². The summed E-state index contributed by atoms with van der Waals surface area (Å²) in [5.74, 6) is -0.841. The number of carbonyl (C=O) groups excluding carboxylic acids is 3. The van der Waals surface area contributed by atoms with Crippen molar-refractivity contribution in [3.63, 3.8) is 0 Å². The molecule has 0 bridgehead atoms. The second kappa shape index (κ2) is 10.6. The van der Waals surface area contributed by atoms with Crippen LogP contribution >= 0.6 is 0 Å². The first kappa shape index (κ1) is 24.2. The summed E-state index contributed by atoms with van der Waals surface area (Å²) in [4.78, 5) is 42.3. The van der Waals surface area contributed by atoms with Gasteiger partial charge in [0.1, 0.15) is 17.9 Å². The number of benzene rings is 4. The van der Waals surface area contributed by atoms with Gasteiger partial charge in [-0.15, -0.1) is 0 Å². The van der Waals surface area contributed by atoms with Gasteiger partial charge in [-0.25, -0.2) is 14.6 Å². The average Bonchev–Trinajstić information content (AvgIpc) is 2.96. The Morgan fingerprint density at radius 1 is 0.684 bits per heavy atom. The Morgan fingerprint density at radius 2 is 1.21 bits per heavy atom. The second-order valence-corrected chi connectivity index (χ2v) is 8.42. The predicted molar refractivity (Wildman–Crippen MR) is 143 cm³/mol. The number of para-hydroxylation sites is 2. The Labute approximate surface area is 219 Å². The number of ether oxygens (including phenoxy) is 1. The van der Waals surface area contributed by atoms with Crippen LogP contribution in [0.15, 0.2) is 115 Å². The highest BCUT2D eigenvalue weighted by Gasteiger charge is 2.43. The molecule has 0 radical (unpaired) electrons. The fourth-order valence-corrected chi connectivity index (χ4v) is 4.08. The van der Waals surface area contributed by atoms with E-state index in [0.717, 1.165) is 15.4 Å². The first-order valence-corrected chi connectivity index (χ1v) is 11.8. The number of hydrogen-bond acceptors (Lipinski definition) is 5. The van der Waals surface area contributed by atoms with Crippen molar-refractivity contribution in [2.24, 2.45) is 0 Å². The van der Waals surface area contributed by atoms with E-state index < -0.39 is 17.8 Å². The number of amides is 4. The first-order valence-electron chi connectivity index (χ1n) is 11.8. The van der Waals surface area contributed by atoms with Gasteiger partial charge in [0.25, 0.3) is 11.8 Å². The maximum atomic E-state index is 13.5. The monoisotopic (exact) mass is 499 g/mol. The number of nitriles is 1. The molecule has 1 aliphatic heterocycles. The zero-order valence-electron chi connectivity index (χ0n) is 20.2. The van der Waals surface area contributed by atoms with Crippen LogP contribution in [0.5, 0.6) is 5.75 Å². The van der Waals surface area contributed by atoms with Gasteiger partial charge in [0.15, 0.2) is 0 Å². The number of barbiturate groups is 1. The summed E-state index contributed by atoms with van der Waals surface area (Å²) in [6.45, 7) is 0.224. The maximum absolute atomic E-state index is 13.5. The second-order valence-electron chi connectivity index (χ2n) is 8.42. The van der Waals surface area contributed by atoms with Gasteiger partial charge in [0.05, 0.1) is 23.0 Å². The zero-order valence-corrected chi connectivity index (χ0v) is 20.2. The van der Waals surface area contributed by atoms with Gasteiger partial charge in [-0.3, -0.25) is 9.59 Å². The summed E-state index contributed by atoms with van der Waals surface area (Å²) in [5, 5.41) is 9.25. The van der Waals surface area contributed by atoms with E-state index in [1.165, 1.54) is 6.08 Å². The summed E-state index contributed by atoms with van der Waals surface area (Å²) >= 11 is 0. The van der Waals surface area contributed by atoms with Crippen LogP contribution in [-0.4, -0.2) is 17.8 Å². The number of carbonyl (C=O) groups is 3. The molecule has 184 valence electrons. The Hall–Kier alpha value is -5.48. The van der Waals surface area contributed by atoms with E-state index in [1.807, 2.05) is 12.1 Å². The molecule has 0 unspecified atom stereocenters. The van der Waals surface area contributed by atoms with Crippen LogP contribution in [0.4, 0.5) is 16.2 Å². The van der Waals surface area contributed by atoms with Crippen molar-refractivity contribution in [2.75, 3.05) is 9.80 Å². The predicted octanol–water partition coefficient (Wildman–Crippen LogP) is 5.72. The van der Waals surface area contributed by atoms with Gasteiger partial charge in [-0.2, -0.15) is 5.26 Å². The van der Waals surface area contributed by atoms with Gasteiger partial charge in [-0.1, -0.05) is 66.7 Å². The number of anilines is 2. The van der Waals surface area contributed by atoms with Crippen LogP contribution in [0, 0.1) is 11.3 Å². The molecular weight excluding hydrogens is 478 g/mol. The maximum Gasteiger partial charge on any atom is 0.343 e. The van der Waals surface area contributed by atoms with E-state index in [0.29, 0.717) is 28.3 Å². The van der Waals surface area contributed by atoms with Crippen LogP contribution in [0.3, 0.4) is 0 Å². The molecule has 0 saturated carbocycles. The molecule has 4 amide bonds. The molecular formula is C31H21N3O4. The molecule has 1 heterocycles. The molecule has 0 N–H and O–H groups in total. The molecule has 38 heavy (non-hydrogen) atoms. The number of rotatable bonds is 6. The summed E-state index contributed by atoms with van der Waals surface area (Å²) in [6.07, 6.45) is 1.47. The van der Waals surface area contributed by atoms with Crippen LogP contribution in [0.25, 0.3) is 6.08 Å². The van der Waals surface area contributed by atoms with E-state index in [2.05, 4.69) is 6.07 Å². The van der Waals surface area contributed by atoms with Crippen LogP contribution in [0.2, 0.25) is 0 Å². The normalized spacial score (nSPS) is 13.3. The lowest BCUT2D eigenvalue weighted by Gasteiger charge is -2.33. The van der Waals surface area contributed by atoms with Gasteiger partial charge < -0.3 is 4.74 Å². The molecule has 0 atom stereocenters. The van der Waals surface area contributed by atoms with Crippen LogP contribution in [0.1, 0.15) is 16.7 Å². The summed E-state index contributed by atoms with van der Waals surface area (Å²) in [6, 6.07) is 32.5. The van der Waals surface area contributed by atoms with E-state index >= 15 is 0 Å². The Balaban J connectivity index is 1.45. The zero-order chi connectivity index (χ0) is 26.5. The van der Waals surface area contributed by atoms with Crippen molar-refractivity contribution in [3.05, 3.63) is 131 Å². The standard InChI is InChI=1S/C31H21N3O4/c32-20-23-9-7-8-10-24(23)21-38-27-17-15-22(16-18-27)19-28-29(35)33(25-11-3-1-4-12-25)31(37)34(30(28)36)26-13-5-2-6-14-26/h1-19H,21H2. The Bertz CT molecular complexity index is 1510. The smallest absolute Gasteiger partial charge is 0.343 e. The number of imide groups is 2. The van der Waals surface area contributed by atoms with Crippen molar-refractivity contribution in [3.8, 4) is 11.8 Å².